The van der Waals surface area contributed by atoms with Crippen molar-refractivity contribution in [1.29, 1.82) is 0 Å². The molecule has 8 nitrogen and oxygen atoms in total. The summed E-state index contributed by atoms with van der Waals surface area (Å²) in [5.41, 5.74) is 10.0. The first-order chi connectivity index (χ1) is 13.2. The van der Waals surface area contributed by atoms with E-state index in [1.165, 1.54) is 0 Å². The molecule has 0 spiro atoms. The average molecular weight is 365 g/mol. The van der Waals surface area contributed by atoms with Gasteiger partial charge in [-0.05, 0) is 6.07 Å². The number of aromatic nitrogens is 4. The Labute approximate surface area is 158 Å². The van der Waals surface area contributed by atoms with Gasteiger partial charge in [-0.25, -0.2) is 4.98 Å². The second-order valence-corrected chi connectivity index (χ2v) is 6.55. The third-order valence-corrected chi connectivity index (χ3v) is 4.86. The molecule has 1 aliphatic heterocycles. The molecule has 0 radical (unpaired) electrons. The summed E-state index contributed by atoms with van der Waals surface area (Å²) in [6.07, 6.45) is 9.09. The highest BCUT2D eigenvalue weighted by atomic mass is 16.5. The molecule has 0 atom stereocenters. The molecule has 3 heterocycles. The summed E-state index contributed by atoms with van der Waals surface area (Å²) < 4.78 is 7.26. The minimum atomic E-state index is 0.623. The fraction of sp³-hybridized carbons (Fsp3) is 0.316. The monoisotopic (exact) mass is 365 g/mol. The lowest BCUT2D eigenvalue weighted by Gasteiger charge is -2.37. The van der Waals surface area contributed by atoms with E-state index in [1.54, 1.807) is 24.2 Å². The first-order valence-corrected chi connectivity index (χ1v) is 8.88. The zero-order valence-corrected chi connectivity index (χ0v) is 15.5. The fourth-order valence-corrected chi connectivity index (χ4v) is 3.45. The molecule has 1 aromatic carbocycles. The molecule has 140 valence electrons. The lowest BCUT2D eigenvalue weighted by molar-refractivity contribution is 0.417. The van der Waals surface area contributed by atoms with Gasteiger partial charge in [0.25, 0.3) is 0 Å². The molecule has 0 bridgehead atoms. The van der Waals surface area contributed by atoms with Gasteiger partial charge < -0.3 is 20.3 Å². The van der Waals surface area contributed by atoms with Crippen LogP contribution in [0.5, 0.6) is 5.75 Å². The van der Waals surface area contributed by atoms with Crippen LogP contribution >= 0.6 is 0 Å². The summed E-state index contributed by atoms with van der Waals surface area (Å²) in [4.78, 5) is 13.2. The Morgan fingerprint density at radius 3 is 2.44 bits per heavy atom. The molecule has 1 saturated heterocycles. The van der Waals surface area contributed by atoms with Crippen LogP contribution in [0.4, 0.5) is 17.2 Å². The molecule has 0 amide bonds. The number of piperazine rings is 1. The quantitative estimate of drug-likeness (QED) is 0.706. The zero-order valence-electron chi connectivity index (χ0n) is 15.5. The molecule has 3 aromatic rings. The highest BCUT2D eigenvalue weighted by Gasteiger charge is 2.22. The molecular weight excluding hydrogens is 342 g/mol. The number of rotatable bonds is 4. The predicted molar refractivity (Wildman–Crippen MR) is 106 cm³/mol. The van der Waals surface area contributed by atoms with Crippen molar-refractivity contribution < 1.29 is 4.74 Å². The van der Waals surface area contributed by atoms with Gasteiger partial charge in [-0.3, -0.25) is 9.67 Å². The Morgan fingerprint density at radius 1 is 1.04 bits per heavy atom. The van der Waals surface area contributed by atoms with Crippen LogP contribution in [-0.4, -0.2) is 53.0 Å². The van der Waals surface area contributed by atoms with Crippen LogP contribution in [0.3, 0.4) is 0 Å². The van der Waals surface area contributed by atoms with Crippen LogP contribution in [0.2, 0.25) is 0 Å². The standard InChI is InChI=1S/C19H23N7O/c1-24-13-14(11-23-24)15-9-16(20)18(27-2)10-17(15)25-5-7-26(8-6-25)19-12-21-3-4-22-19/h3-4,9-13H,5-8,20H2,1-2H3. The summed E-state index contributed by atoms with van der Waals surface area (Å²) in [6, 6.07) is 4.00. The van der Waals surface area contributed by atoms with E-state index in [2.05, 4.69) is 24.9 Å². The highest BCUT2D eigenvalue weighted by molar-refractivity contribution is 5.83. The summed E-state index contributed by atoms with van der Waals surface area (Å²) in [7, 11) is 3.56. The van der Waals surface area contributed by atoms with E-state index in [0.717, 1.165) is 48.8 Å². The van der Waals surface area contributed by atoms with Crippen molar-refractivity contribution in [2.45, 2.75) is 0 Å². The minimum Gasteiger partial charge on any atom is -0.495 e. The first-order valence-electron chi connectivity index (χ1n) is 8.88. The molecule has 0 unspecified atom stereocenters. The number of methoxy groups -OCH3 is 1. The van der Waals surface area contributed by atoms with Crippen molar-refractivity contribution in [2.24, 2.45) is 7.05 Å². The Bertz CT molecular complexity index is 917. The van der Waals surface area contributed by atoms with E-state index in [9.17, 15) is 0 Å². The number of ether oxygens (including phenoxy) is 1. The van der Waals surface area contributed by atoms with Crippen molar-refractivity contribution in [3.05, 3.63) is 43.1 Å². The van der Waals surface area contributed by atoms with E-state index in [-0.39, 0.29) is 0 Å². The van der Waals surface area contributed by atoms with Gasteiger partial charge in [0, 0.05) is 74.7 Å². The zero-order chi connectivity index (χ0) is 18.8. The van der Waals surface area contributed by atoms with Gasteiger partial charge in [0.05, 0.1) is 25.2 Å². The van der Waals surface area contributed by atoms with Crippen LogP contribution in [0.25, 0.3) is 11.1 Å². The van der Waals surface area contributed by atoms with Crippen molar-refractivity contribution >= 4 is 17.2 Å². The van der Waals surface area contributed by atoms with Crippen LogP contribution in [0, 0.1) is 0 Å². The number of nitrogens with zero attached hydrogens (tertiary/aromatic N) is 6. The van der Waals surface area contributed by atoms with Gasteiger partial charge in [-0.1, -0.05) is 0 Å². The average Bonchev–Trinajstić information content (AvgIpc) is 3.15. The van der Waals surface area contributed by atoms with Crippen molar-refractivity contribution in [3.63, 3.8) is 0 Å². The maximum absolute atomic E-state index is 6.18. The number of aryl methyl sites for hydroxylation is 1. The summed E-state index contributed by atoms with van der Waals surface area (Å²) in [5.74, 6) is 1.61. The van der Waals surface area contributed by atoms with Crippen LogP contribution < -0.4 is 20.3 Å². The van der Waals surface area contributed by atoms with Crippen LogP contribution in [0.15, 0.2) is 43.1 Å². The topological polar surface area (TPSA) is 85.3 Å². The van der Waals surface area contributed by atoms with Gasteiger partial charge in [0.15, 0.2) is 0 Å². The molecule has 2 N–H and O–H groups in total. The molecule has 27 heavy (non-hydrogen) atoms. The van der Waals surface area contributed by atoms with Gasteiger partial charge in [-0.15, -0.1) is 0 Å². The van der Waals surface area contributed by atoms with Crippen LogP contribution in [-0.2, 0) is 7.05 Å². The number of hydrogen-bond donors (Lipinski definition) is 1. The molecule has 8 heteroatoms. The maximum atomic E-state index is 6.18. The SMILES string of the molecule is COc1cc(N2CCN(c3cnccn3)CC2)c(-c2cnn(C)c2)cc1N. The Kier molecular flexibility index (Phi) is 4.53. The summed E-state index contributed by atoms with van der Waals surface area (Å²) in [6.45, 7) is 3.49. The van der Waals surface area contributed by atoms with Crippen LogP contribution in [0.1, 0.15) is 0 Å². The predicted octanol–water partition coefficient (Wildman–Crippen LogP) is 1.79. The molecular formula is C19H23N7O. The Morgan fingerprint density at radius 2 is 1.81 bits per heavy atom. The van der Waals surface area contributed by atoms with E-state index < -0.39 is 0 Å². The van der Waals surface area contributed by atoms with Crippen molar-refractivity contribution in [3.8, 4) is 16.9 Å². The smallest absolute Gasteiger partial charge is 0.147 e. The van der Waals surface area contributed by atoms with Gasteiger partial charge >= 0.3 is 0 Å². The highest BCUT2D eigenvalue weighted by Crippen LogP contribution is 2.38. The number of nitrogens with two attached hydrogens (primary N) is 1. The van der Waals surface area contributed by atoms with E-state index in [1.807, 2.05) is 37.8 Å². The normalized spacial score (nSPS) is 14.4. The Hall–Kier alpha value is -3.29. The number of nitrogen functional groups attached to an aromatic ring is 1. The maximum Gasteiger partial charge on any atom is 0.147 e. The Balaban J connectivity index is 1.63. The molecule has 4 rings (SSSR count). The number of benzene rings is 1. The largest absolute Gasteiger partial charge is 0.495 e. The number of anilines is 3. The van der Waals surface area contributed by atoms with E-state index in [4.69, 9.17) is 10.5 Å². The van der Waals surface area contributed by atoms with E-state index in [0.29, 0.717) is 11.4 Å². The summed E-state index contributed by atoms with van der Waals surface area (Å²) >= 11 is 0. The lowest BCUT2D eigenvalue weighted by atomic mass is 10.0. The van der Waals surface area contributed by atoms with Crippen molar-refractivity contribution in [2.75, 3.05) is 48.8 Å². The van der Waals surface area contributed by atoms with Gasteiger partial charge in [0.2, 0.25) is 0 Å². The number of hydrogen-bond acceptors (Lipinski definition) is 7. The first kappa shape index (κ1) is 17.1. The second-order valence-electron chi connectivity index (χ2n) is 6.55. The van der Waals surface area contributed by atoms with Gasteiger partial charge in [0.1, 0.15) is 11.6 Å². The molecule has 1 fully saturated rings. The molecule has 0 aliphatic carbocycles. The fourth-order valence-electron chi connectivity index (χ4n) is 3.45. The molecule has 0 saturated carbocycles. The molecule has 2 aromatic heterocycles. The summed E-state index contributed by atoms with van der Waals surface area (Å²) in [5, 5.41) is 4.31. The minimum absolute atomic E-state index is 0.623. The van der Waals surface area contributed by atoms with Crippen molar-refractivity contribution in [1.82, 2.24) is 19.7 Å². The lowest BCUT2D eigenvalue weighted by Crippen LogP contribution is -2.47. The molecule has 1 aliphatic rings. The third-order valence-electron chi connectivity index (χ3n) is 4.86. The van der Waals surface area contributed by atoms with E-state index >= 15 is 0 Å². The second kappa shape index (κ2) is 7.14. The third kappa shape index (κ3) is 3.38. The van der Waals surface area contributed by atoms with Gasteiger partial charge in [-0.2, -0.15) is 5.10 Å².